The van der Waals surface area contributed by atoms with Crippen molar-refractivity contribution in [3.05, 3.63) is 71.2 Å². The molecule has 0 aliphatic carbocycles. The van der Waals surface area contributed by atoms with E-state index in [1.54, 1.807) is 12.1 Å². The molecule has 1 atom stereocenters. The van der Waals surface area contributed by atoms with Gasteiger partial charge in [-0.15, -0.1) is 0 Å². The van der Waals surface area contributed by atoms with Crippen molar-refractivity contribution in [2.45, 2.75) is 18.7 Å². The predicted molar refractivity (Wildman–Crippen MR) is 94.7 cm³/mol. The first-order valence-electron chi connectivity index (χ1n) is 6.10. The lowest BCUT2D eigenvalue weighted by Crippen LogP contribution is -2.02. The van der Waals surface area contributed by atoms with Gasteiger partial charge in [-0.1, -0.05) is 70.4 Å². The highest BCUT2D eigenvalue weighted by molar-refractivity contribution is 8.05. The second kappa shape index (κ2) is 6.29. The Labute approximate surface area is 127 Å². The van der Waals surface area contributed by atoms with E-state index < -0.39 is 9.41 Å². The van der Waals surface area contributed by atoms with E-state index in [2.05, 4.69) is 25.6 Å². The summed E-state index contributed by atoms with van der Waals surface area (Å²) in [4.78, 5) is 1.29. The number of hydrogen-bond acceptors (Lipinski definition) is 1. The van der Waals surface area contributed by atoms with Crippen molar-refractivity contribution in [2.24, 2.45) is 0 Å². The molecule has 0 aliphatic rings. The molecule has 0 saturated carbocycles. The van der Waals surface area contributed by atoms with Crippen LogP contribution in [0.15, 0.2) is 65.5 Å². The van der Waals surface area contributed by atoms with E-state index in [-0.39, 0.29) is 0 Å². The molecule has 1 aromatic rings. The molecule has 0 heterocycles. The van der Waals surface area contributed by atoms with Crippen molar-refractivity contribution in [1.82, 2.24) is 0 Å². The van der Waals surface area contributed by atoms with Gasteiger partial charge in [0.25, 0.3) is 0 Å². The van der Waals surface area contributed by atoms with Gasteiger partial charge in [0, 0.05) is 9.80 Å². The van der Waals surface area contributed by atoms with E-state index in [4.69, 9.17) is 16.4 Å². The van der Waals surface area contributed by atoms with Gasteiger partial charge in [-0.2, -0.15) is 0 Å². The van der Waals surface area contributed by atoms with Gasteiger partial charge >= 0.3 is 0 Å². The number of halogens is 1. The molecule has 0 fully saturated rings. The second-order valence-corrected chi connectivity index (χ2v) is 7.39. The van der Waals surface area contributed by atoms with E-state index in [1.165, 1.54) is 0 Å². The Morgan fingerprint density at radius 3 is 2.40 bits per heavy atom. The van der Waals surface area contributed by atoms with Crippen LogP contribution in [-0.2, 0) is 9.41 Å². The summed E-state index contributed by atoms with van der Waals surface area (Å²) in [5, 5.41) is 0.536. The fourth-order valence-corrected chi connectivity index (χ4v) is 3.69. The fraction of sp³-hybridized carbons (Fsp3) is 0.118. The normalized spacial score (nSPS) is 14.4. The smallest absolute Gasteiger partial charge is 0.0549 e. The maximum Gasteiger partial charge on any atom is 0.0549 e. The van der Waals surface area contributed by atoms with Crippen LogP contribution >= 0.6 is 11.6 Å². The van der Waals surface area contributed by atoms with Crippen molar-refractivity contribution >= 4 is 32.5 Å². The molecule has 1 unspecified atom stereocenters. The average Bonchev–Trinajstić information content (AvgIpc) is 2.39. The molecule has 0 saturated heterocycles. The summed E-state index contributed by atoms with van der Waals surface area (Å²) in [5.41, 5.74) is 3.00. The first-order chi connectivity index (χ1) is 9.25. The molecule has 1 N–H and O–H groups in total. The Balaban J connectivity index is 3.56. The van der Waals surface area contributed by atoms with Crippen LogP contribution in [0.5, 0.6) is 0 Å². The number of hydrogen-bond donors (Lipinski definition) is 1. The summed E-state index contributed by atoms with van der Waals surface area (Å²) in [6.07, 6.45) is 3.58. The van der Waals surface area contributed by atoms with E-state index in [1.807, 2.05) is 32.1 Å². The first-order valence-corrected chi connectivity index (χ1v) is 8.28. The molecule has 0 radical (unpaired) electrons. The summed E-state index contributed by atoms with van der Waals surface area (Å²) in [6, 6.07) is 5.65. The summed E-state index contributed by atoms with van der Waals surface area (Å²) in [6.45, 7) is 15.4. The minimum atomic E-state index is -2.21. The summed E-state index contributed by atoms with van der Waals surface area (Å²) < 4.78 is 8.49. The number of allylic oxidation sites excluding steroid dienone is 4. The molecule has 1 nitrogen and oxygen atoms in total. The second-order valence-electron chi connectivity index (χ2n) is 4.54. The average molecular weight is 306 g/mol. The van der Waals surface area contributed by atoms with E-state index in [0.29, 0.717) is 14.8 Å². The highest BCUT2D eigenvalue weighted by Gasteiger charge is 2.13. The molecule has 1 rings (SSSR count). The minimum absolute atomic E-state index is 0.536. The third kappa shape index (κ3) is 3.14. The molecule has 0 spiro atoms. The van der Waals surface area contributed by atoms with Crippen molar-refractivity contribution in [3.8, 4) is 0 Å². The fourth-order valence-electron chi connectivity index (χ4n) is 1.88. The van der Waals surface area contributed by atoms with Gasteiger partial charge in [-0.05, 0) is 37.1 Å². The monoisotopic (exact) mass is 305 g/mol. The minimum Gasteiger partial charge on any atom is -0.278 e. The van der Waals surface area contributed by atoms with Gasteiger partial charge in [-0.3, -0.25) is 4.78 Å². The Morgan fingerprint density at radius 1 is 1.35 bits per heavy atom. The zero-order valence-electron chi connectivity index (χ0n) is 12.0. The van der Waals surface area contributed by atoms with E-state index in [9.17, 15) is 0 Å². The third-order valence-electron chi connectivity index (χ3n) is 3.04. The van der Waals surface area contributed by atoms with Gasteiger partial charge in [-0.25, -0.2) is 0 Å². The van der Waals surface area contributed by atoms with Crippen LogP contribution in [0.4, 0.5) is 0 Å². The molecule has 0 aromatic heterocycles. The van der Waals surface area contributed by atoms with Gasteiger partial charge in [0.1, 0.15) is 0 Å². The maximum absolute atomic E-state index is 8.49. The standard InChI is InChI=1S/C17H20ClNS/c1-7-13(5)20(6,19)17-11-14(9-10-16(17)18)15(8-2)12(3)4/h7-11,19H,1,3,5-6H2,2,4H3. The molecule has 1 aromatic carbocycles. The lowest BCUT2D eigenvalue weighted by atomic mass is 10.0. The van der Waals surface area contributed by atoms with Crippen LogP contribution < -0.4 is 0 Å². The number of rotatable bonds is 5. The Kier molecular flexibility index (Phi) is 5.21. The summed E-state index contributed by atoms with van der Waals surface area (Å²) in [5.74, 6) is 4.00. The lowest BCUT2D eigenvalue weighted by Gasteiger charge is -2.17. The van der Waals surface area contributed by atoms with Gasteiger partial charge < -0.3 is 0 Å². The van der Waals surface area contributed by atoms with Crippen LogP contribution in [0.25, 0.3) is 5.57 Å². The summed E-state index contributed by atoms with van der Waals surface area (Å²) in [7, 11) is -2.21. The summed E-state index contributed by atoms with van der Waals surface area (Å²) >= 11 is 6.25. The predicted octanol–water partition coefficient (Wildman–Crippen LogP) is 5.73. The molecular weight excluding hydrogens is 286 g/mol. The van der Waals surface area contributed by atoms with Crippen LogP contribution in [0, 0.1) is 4.78 Å². The molecule has 20 heavy (non-hydrogen) atoms. The van der Waals surface area contributed by atoms with Crippen molar-refractivity contribution < 1.29 is 0 Å². The van der Waals surface area contributed by atoms with Crippen molar-refractivity contribution in [1.29, 1.82) is 4.78 Å². The van der Waals surface area contributed by atoms with Crippen molar-refractivity contribution in [2.75, 3.05) is 0 Å². The van der Waals surface area contributed by atoms with E-state index in [0.717, 1.165) is 16.7 Å². The highest BCUT2D eigenvalue weighted by Crippen LogP contribution is 2.32. The number of nitrogens with one attached hydrogen (secondary N) is 1. The van der Waals surface area contributed by atoms with Gasteiger partial charge in [0.2, 0.25) is 0 Å². The SMILES string of the molecule is C=CC(=C)S(=C)(=N)c1cc(C(=CC)C(=C)C)ccc1Cl. The number of benzene rings is 1. The van der Waals surface area contributed by atoms with Crippen molar-refractivity contribution in [3.63, 3.8) is 0 Å². The molecule has 106 valence electrons. The van der Waals surface area contributed by atoms with Crippen LogP contribution in [0.3, 0.4) is 0 Å². The molecule has 0 aliphatic heterocycles. The molecule has 0 amide bonds. The molecule has 3 heteroatoms. The zero-order chi connectivity index (χ0) is 15.5. The topological polar surface area (TPSA) is 23.9 Å². The maximum atomic E-state index is 8.49. The van der Waals surface area contributed by atoms with Crippen LogP contribution in [-0.4, -0.2) is 5.87 Å². The Morgan fingerprint density at radius 2 is 1.95 bits per heavy atom. The first kappa shape index (κ1) is 16.5. The highest BCUT2D eigenvalue weighted by atomic mass is 35.5. The lowest BCUT2D eigenvalue weighted by molar-refractivity contribution is 1.38. The zero-order valence-corrected chi connectivity index (χ0v) is 13.6. The van der Waals surface area contributed by atoms with Crippen LogP contribution in [0.2, 0.25) is 5.02 Å². The quantitative estimate of drug-likeness (QED) is 0.531. The largest absolute Gasteiger partial charge is 0.278 e. The van der Waals surface area contributed by atoms with Crippen LogP contribution in [0.1, 0.15) is 19.4 Å². The molecule has 0 bridgehead atoms. The van der Waals surface area contributed by atoms with Gasteiger partial charge in [0.15, 0.2) is 0 Å². The van der Waals surface area contributed by atoms with Gasteiger partial charge in [0.05, 0.1) is 5.02 Å². The third-order valence-corrected chi connectivity index (χ3v) is 5.63. The van der Waals surface area contributed by atoms with E-state index >= 15 is 0 Å². The Bertz CT molecular complexity index is 707. The Hall–Kier alpha value is -1.51. The molecular formula is C17H20ClNS.